The van der Waals surface area contributed by atoms with Crippen molar-refractivity contribution in [3.8, 4) is 0 Å². The van der Waals surface area contributed by atoms with Crippen molar-refractivity contribution in [1.29, 1.82) is 0 Å². The Labute approximate surface area is 104 Å². The van der Waals surface area contributed by atoms with E-state index < -0.39 is 10.8 Å². The standard InChI is InChI=1S/C12H18N2O2S/c1-13-7-8-17(16)10-12(15)14-9-11-5-3-2-4-6-11/h2-6,13H,7-10H2,1H3,(H,14,15). The largest absolute Gasteiger partial charge is 0.351 e. The first kappa shape index (κ1) is 13.9. The lowest BCUT2D eigenvalue weighted by molar-refractivity contribution is -0.118. The molecule has 0 aliphatic carbocycles. The Balaban J connectivity index is 2.24. The van der Waals surface area contributed by atoms with Crippen LogP contribution in [0.3, 0.4) is 0 Å². The van der Waals surface area contributed by atoms with E-state index in [1.807, 2.05) is 30.3 Å². The van der Waals surface area contributed by atoms with Crippen LogP contribution in [-0.4, -0.2) is 35.2 Å². The van der Waals surface area contributed by atoms with E-state index in [4.69, 9.17) is 0 Å². The van der Waals surface area contributed by atoms with Crippen molar-refractivity contribution in [3.05, 3.63) is 35.9 Å². The summed E-state index contributed by atoms with van der Waals surface area (Å²) >= 11 is 0. The van der Waals surface area contributed by atoms with Crippen LogP contribution in [0.1, 0.15) is 5.56 Å². The van der Waals surface area contributed by atoms with E-state index in [-0.39, 0.29) is 11.7 Å². The van der Waals surface area contributed by atoms with Crippen molar-refractivity contribution in [1.82, 2.24) is 10.6 Å². The van der Waals surface area contributed by atoms with E-state index in [1.165, 1.54) is 0 Å². The van der Waals surface area contributed by atoms with Gasteiger partial charge in [-0.3, -0.25) is 9.00 Å². The molecule has 17 heavy (non-hydrogen) atoms. The maximum Gasteiger partial charge on any atom is 0.232 e. The molecule has 94 valence electrons. The van der Waals surface area contributed by atoms with Gasteiger partial charge in [-0.1, -0.05) is 30.3 Å². The van der Waals surface area contributed by atoms with Gasteiger partial charge in [-0.05, 0) is 12.6 Å². The molecule has 1 aromatic rings. The molecule has 0 heterocycles. The van der Waals surface area contributed by atoms with Gasteiger partial charge in [-0.2, -0.15) is 0 Å². The highest BCUT2D eigenvalue weighted by atomic mass is 32.2. The minimum Gasteiger partial charge on any atom is -0.351 e. The first-order chi connectivity index (χ1) is 8.22. The Kier molecular flexibility index (Phi) is 6.50. The van der Waals surface area contributed by atoms with Crippen LogP contribution in [0, 0.1) is 0 Å². The molecule has 0 fully saturated rings. The molecule has 1 amide bonds. The average Bonchev–Trinajstić information content (AvgIpc) is 2.35. The molecule has 1 rings (SSSR count). The Morgan fingerprint density at radius 3 is 2.65 bits per heavy atom. The van der Waals surface area contributed by atoms with Gasteiger partial charge in [0, 0.05) is 29.6 Å². The lowest BCUT2D eigenvalue weighted by Crippen LogP contribution is -2.29. The lowest BCUT2D eigenvalue weighted by atomic mass is 10.2. The Bertz CT molecular complexity index is 368. The Morgan fingerprint density at radius 2 is 2.00 bits per heavy atom. The first-order valence-electron chi connectivity index (χ1n) is 5.52. The van der Waals surface area contributed by atoms with Gasteiger partial charge in [0.25, 0.3) is 0 Å². The van der Waals surface area contributed by atoms with E-state index in [0.717, 1.165) is 5.56 Å². The molecule has 0 bridgehead atoms. The molecule has 0 saturated heterocycles. The number of nitrogens with one attached hydrogen (secondary N) is 2. The van der Waals surface area contributed by atoms with Crippen LogP contribution in [0.4, 0.5) is 0 Å². The third kappa shape index (κ3) is 6.19. The van der Waals surface area contributed by atoms with Gasteiger partial charge >= 0.3 is 0 Å². The first-order valence-corrected chi connectivity index (χ1v) is 7.01. The molecule has 1 atom stereocenters. The quantitative estimate of drug-likeness (QED) is 0.734. The SMILES string of the molecule is CNCCS(=O)CC(=O)NCc1ccccc1. The number of rotatable bonds is 7. The minimum atomic E-state index is -1.08. The van der Waals surface area contributed by atoms with E-state index in [2.05, 4.69) is 10.6 Å². The molecule has 1 unspecified atom stereocenters. The van der Waals surface area contributed by atoms with E-state index >= 15 is 0 Å². The smallest absolute Gasteiger partial charge is 0.232 e. The zero-order valence-corrected chi connectivity index (χ0v) is 10.8. The van der Waals surface area contributed by atoms with Crippen LogP contribution in [0.15, 0.2) is 30.3 Å². The fourth-order valence-corrected chi connectivity index (χ4v) is 2.25. The topological polar surface area (TPSA) is 58.2 Å². The summed E-state index contributed by atoms with van der Waals surface area (Å²) < 4.78 is 11.4. The van der Waals surface area contributed by atoms with Crippen LogP contribution < -0.4 is 10.6 Å². The Morgan fingerprint density at radius 1 is 1.29 bits per heavy atom. The fraction of sp³-hybridized carbons (Fsp3) is 0.417. The summed E-state index contributed by atoms with van der Waals surface area (Å²) in [6.45, 7) is 1.15. The van der Waals surface area contributed by atoms with Crippen molar-refractivity contribution in [3.63, 3.8) is 0 Å². The monoisotopic (exact) mass is 254 g/mol. The number of amides is 1. The molecule has 0 aromatic heterocycles. The van der Waals surface area contributed by atoms with Crippen LogP contribution in [0.2, 0.25) is 0 Å². The second-order valence-electron chi connectivity index (χ2n) is 3.65. The molecule has 4 nitrogen and oxygen atoms in total. The van der Waals surface area contributed by atoms with Crippen molar-refractivity contribution >= 4 is 16.7 Å². The van der Waals surface area contributed by atoms with Crippen molar-refractivity contribution in [2.24, 2.45) is 0 Å². The minimum absolute atomic E-state index is 0.0779. The zero-order valence-electron chi connectivity index (χ0n) is 9.94. The molecule has 0 aliphatic rings. The fourth-order valence-electron chi connectivity index (χ4n) is 1.28. The summed E-state index contributed by atoms with van der Waals surface area (Å²) in [5.74, 6) is 0.423. The molecule has 0 spiro atoms. The number of benzene rings is 1. The van der Waals surface area contributed by atoms with Crippen molar-refractivity contribution < 1.29 is 9.00 Å². The van der Waals surface area contributed by atoms with Crippen LogP contribution in [0.25, 0.3) is 0 Å². The van der Waals surface area contributed by atoms with Gasteiger partial charge in [-0.15, -0.1) is 0 Å². The number of hydrogen-bond donors (Lipinski definition) is 2. The molecule has 0 radical (unpaired) electrons. The summed E-state index contributed by atoms with van der Waals surface area (Å²) in [6.07, 6.45) is 0. The summed E-state index contributed by atoms with van der Waals surface area (Å²) in [5, 5.41) is 5.66. The summed E-state index contributed by atoms with van der Waals surface area (Å²) in [5.41, 5.74) is 1.04. The molecule has 2 N–H and O–H groups in total. The predicted octanol–water partition coefficient (Wildman–Crippen LogP) is 0.271. The Hall–Kier alpha value is -1.20. The van der Waals surface area contributed by atoms with Crippen LogP contribution >= 0.6 is 0 Å². The maximum absolute atomic E-state index is 11.5. The number of hydrogen-bond acceptors (Lipinski definition) is 3. The van der Waals surface area contributed by atoms with Crippen LogP contribution in [-0.2, 0) is 22.1 Å². The van der Waals surface area contributed by atoms with Gasteiger partial charge in [-0.25, -0.2) is 0 Å². The molecule has 0 aliphatic heterocycles. The van der Waals surface area contributed by atoms with Gasteiger partial charge in [0.1, 0.15) is 5.75 Å². The molecular formula is C12H18N2O2S. The third-order valence-electron chi connectivity index (χ3n) is 2.20. The second kappa shape index (κ2) is 7.97. The predicted molar refractivity (Wildman–Crippen MR) is 70.1 cm³/mol. The van der Waals surface area contributed by atoms with Gasteiger partial charge in [0.05, 0.1) is 0 Å². The molecular weight excluding hydrogens is 236 g/mol. The average molecular weight is 254 g/mol. The van der Waals surface area contributed by atoms with E-state index in [1.54, 1.807) is 7.05 Å². The van der Waals surface area contributed by atoms with Crippen molar-refractivity contribution in [2.45, 2.75) is 6.54 Å². The van der Waals surface area contributed by atoms with Gasteiger partial charge < -0.3 is 10.6 Å². The maximum atomic E-state index is 11.5. The molecule has 0 saturated carbocycles. The highest BCUT2D eigenvalue weighted by Crippen LogP contribution is 1.97. The van der Waals surface area contributed by atoms with Gasteiger partial charge in [0.15, 0.2) is 0 Å². The summed E-state index contributed by atoms with van der Waals surface area (Å²) in [4.78, 5) is 11.5. The van der Waals surface area contributed by atoms with E-state index in [9.17, 15) is 9.00 Å². The van der Waals surface area contributed by atoms with Crippen molar-refractivity contribution in [2.75, 3.05) is 25.1 Å². The van der Waals surface area contributed by atoms with Crippen LogP contribution in [0.5, 0.6) is 0 Å². The number of carbonyl (C=O) groups is 1. The lowest BCUT2D eigenvalue weighted by Gasteiger charge is -2.05. The number of carbonyl (C=O) groups excluding carboxylic acids is 1. The van der Waals surface area contributed by atoms with Gasteiger partial charge in [0.2, 0.25) is 5.91 Å². The molecule has 5 heteroatoms. The second-order valence-corrected chi connectivity index (χ2v) is 5.23. The third-order valence-corrected chi connectivity index (χ3v) is 3.45. The highest BCUT2D eigenvalue weighted by molar-refractivity contribution is 7.85. The van der Waals surface area contributed by atoms with E-state index in [0.29, 0.717) is 18.8 Å². The normalized spacial score (nSPS) is 12.1. The highest BCUT2D eigenvalue weighted by Gasteiger charge is 2.06. The molecule has 1 aromatic carbocycles. The zero-order chi connectivity index (χ0) is 12.5. The summed E-state index contributed by atoms with van der Waals surface area (Å²) in [6, 6.07) is 9.66. The summed E-state index contributed by atoms with van der Waals surface area (Å²) in [7, 11) is 0.716.